The molecule has 1 atom stereocenters. The number of carbonyl (C=O) groups is 3. The van der Waals surface area contributed by atoms with Crippen LogP contribution >= 0.6 is 0 Å². The summed E-state index contributed by atoms with van der Waals surface area (Å²) < 4.78 is 16.9. The fourth-order valence-electron chi connectivity index (χ4n) is 8.30. The van der Waals surface area contributed by atoms with Gasteiger partial charge in [-0.05, 0) is 116 Å². The molecule has 0 bridgehead atoms. The van der Waals surface area contributed by atoms with Crippen molar-refractivity contribution in [3.8, 4) is 0 Å². The normalized spacial score (nSPS) is 13.0. The van der Waals surface area contributed by atoms with Crippen molar-refractivity contribution in [1.29, 1.82) is 0 Å². The molecule has 6 heteroatoms. The number of hydrogen-bond acceptors (Lipinski definition) is 6. The van der Waals surface area contributed by atoms with Gasteiger partial charge in [0.1, 0.15) is 13.2 Å². The molecule has 0 amide bonds. The summed E-state index contributed by atoms with van der Waals surface area (Å²) in [4.78, 5) is 38.2. The highest BCUT2D eigenvalue weighted by Gasteiger charge is 2.19. The molecule has 76 heavy (non-hydrogen) atoms. The van der Waals surface area contributed by atoms with Crippen LogP contribution in [0.5, 0.6) is 0 Å². The van der Waals surface area contributed by atoms with Crippen LogP contribution in [0.4, 0.5) is 0 Å². The Hall–Kier alpha value is -4.45. The van der Waals surface area contributed by atoms with Gasteiger partial charge in [-0.2, -0.15) is 0 Å². The molecule has 0 spiro atoms. The van der Waals surface area contributed by atoms with E-state index in [0.717, 1.165) is 148 Å². The van der Waals surface area contributed by atoms with Gasteiger partial charge in [-0.3, -0.25) is 14.4 Å². The highest BCUT2D eigenvalue weighted by Crippen LogP contribution is 2.15. The van der Waals surface area contributed by atoms with E-state index in [0.29, 0.717) is 19.3 Å². The Morgan fingerprint density at radius 1 is 0.276 bits per heavy atom. The second-order valence-corrected chi connectivity index (χ2v) is 20.2. The first kappa shape index (κ1) is 71.5. The molecule has 0 aromatic carbocycles. The van der Waals surface area contributed by atoms with E-state index >= 15 is 0 Å². The minimum atomic E-state index is -0.798. The zero-order chi connectivity index (χ0) is 55.0. The second kappa shape index (κ2) is 63.1. The first-order chi connectivity index (χ1) is 37.5. The summed E-state index contributed by atoms with van der Waals surface area (Å²) in [5.74, 6) is -0.927. The minimum absolute atomic E-state index is 0.0918. The Kier molecular flexibility index (Phi) is 59.4. The van der Waals surface area contributed by atoms with E-state index in [2.05, 4.69) is 154 Å². The van der Waals surface area contributed by atoms with Gasteiger partial charge >= 0.3 is 17.9 Å². The molecular formula is C70H114O6. The van der Waals surface area contributed by atoms with E-state index in [9.17, 15) is 14.4 Å². The fourth-order valence-corrected chi connectivity index (χ4v) is 8.30. The monoisotopic (exact) mass is 1050 g/mol. The third-order valence-electron chi connectivity index (χ3n) is 12.9. The molecule has 0 radical (unpaired) electrons. The van der Waals surface area contributed by atoms with E-state index in [4.69, 9.17) is 14.2 Å². The third-order valence-corrected chi connectivity index (χ3v) is 12.9. The van der Waals surface area contributed by atoms with Gasteiger partial charge in [-0.15, -0.1) is 0 Å². The number of allylic oxidation sites excluding steroid dienone is 22. The lowest BCUT2D eigenvalue weighted by Gasteiger charge is -2.18. The summed E-state index contributed by atoms with van der Waals surface area (Å²) in [6, 6.07) is 0. The quantitative estimate of drug-likeness (QED) is 0.0261. The summed E-state index contributed by atoms with van der Waals surface area (Å²) in [6.07, 6.45) is 88.8. The Morgan fingerprint density at radius 2 is 0.513 bits per heavy atom. The molecule has 0 aromatic rings. The van der Waals surface area contributed by atoms with Crippen LogP contribution in [-0.4, -0.2) is 37.2 Å². The van der Waals surface area contributed by atoms with Gasteiger partial charge in [0, 0.05) is 19.3 Å². The lowest BCUT2D eigenvalue weighted by atomic mass is 10.0. The molecule has 0 rings (SSSR count). The lowest BCUT2D eigenvalue weighted by Crippen LogP contribution is -2.30. The van der Waals surface area contributed by atoms with E-state index in [1.807, 2.05) is 0 Å². The summed E-state index contributed by atoms with van der Waals surface area (Å²) >= 11 is 0. The van der Waals surface area contributed by atoms with Crippen molar-refractivity contribution < 1.29 is 28.6 Å². The molecule has 0 aliphatic rings. The lowest BCUT2D eigenvalue weighted by molar-refractivity contribution is -0.167. The minimum Gasteiger partial charge on any atom is -0.462 e. The van der Waals surface area contributed by atoms with Crippen LogP contribution in [-0.2, 0) is 28.6 Å². The van der Waals surface area contributed by atoms with E-state index in [1.54, 1.807) is 0 Å². The molecule has 0 saturated heterocycles. The SMILES string of the molecule is CC/C=C\C/C=C\C/C=C\C/C=C\C/C=C\C/C=C\C/C=C\C/C=C\CCCCCCC(=O)OCC(COC(=O)CCCCCCCCCCCCCC)OC(=O)CCCCCCCCC/C=C\C/C=C\C/C=C\CC. The van der Waals surface area contributed by atoms with Crippen molar-refractivity contribution in [2.45, 2.75) is 277 Å². The molecule has 0 aliphatic heterocycles. The number of rotatable bonds is 55. The first-order valence-corrected chi connectivity index (χ1v) is 31.2. The zero-order valence-electron chi connectivity index (χ0n) is 49.2. The third kappa shape index (κ3) is 60.4. The summed E-state index contributed by atoms with van der Waals surface area (Å²) in [5, 5.41) is 0. The van der Waals surface area contributed by atoms with Gasteiger partial charge < -0.3 is 14.2 Å². The summed E-state index contributed by atoms with van der Waals surface area (Å²) in [7, 11) is 0. The molecule has 0 fully saturated rings. The van der Waals surface area contributed by atoms with Crippen LogP contribution in [0.25, 0.3) is 0 Å². The number of hydrogen-bond donors (Lipinski definition) is 0. The number of esters is 3. The highest BCUT2D eigenvalue weighted by atomic mass is 16.6. The predicted molar refractivity (Wildman–Crippen MR) is 329 cm³/mol. The smallest absolute Gasteiger partial charge is 0.306 e. The predicted octanol–water partition coefficient (Wildman–Crippen LogP) is 21.4. The van der Waals surface area contributed by atoms with Crippen molar-refractivity contribution in [1.82, 2.24) is 0 Å². The standard InChI is InChI=1S/C70H114O6/c1-4-7-10-13-16-19-22-25-27-29-30-31-32-33-34-35-36-37-38-39-40-42-43-45-48-51-54-57-60-63-69(72)75-66-67(65-74-68(71)62-59-56-53-50-47-24-21-18-15-12-9-6-3)76-70(73)64-61-58-55-52-49-46-44-41-28-26-23-20-17-14-11-8-5-2/h7-8,10-11,16-17,19-20,25-28,30-31,33-34,36-37,39-40,43,45,67H,4-6,9,12-15,18,21-24,29,32,35,38,41-42,44,46-66H2,1-3H3/b10-7-,11-8-,19-16-,20-17-,27-25-,28-26-,31-30-,34-33-,37-36-,40-39-,45-43-. The van der Waals surface area contributed by atoms with Crippen LogP contribution in [0.15, 0.2) is 134 Å². The number of unbranched alkanes of at least 4 members (excludes halogenated alkanes) is 22. The molecule has 0 N–H and O–H groups in total. The van der Waals surface area contributed by atoms with E-state index < -0.39 is 6.10 Å². The molecule has 6 nitrogen and oxygen atoms in total. The van der Waals surface area contributed by atoms with Crippen molar-refractivity contribution in [3.05, 3.63) is 134 Å². The van der Waals surface area contributed by atoms with Crippen molar-refractivity contribution in [3.63, 3.8) is 0 Å². The highest BCUT2D eigenvalue weighted by molar-refractivity contribution is 5.71. The fraction of sp³-hybridized carbons (Fsp3) is 0.643. The molecule has 0 heterocycles. The van der Waals surface area contributed by atoms with Gasteiger partial charge in [0.25, 0.3) is 0 Å². The topological polar surface area (TPSA) is 78.9 Å². The van der Waals surface area contributed by atoms with Crippen LogP contribution in [0.1, 0.15) is 271 Å². The maximum atomic E-state index is 12.9. The Bertz CT molecular complexity index is 1630. The molecule has 0 saturated carbocycles. The van der Waals surface area contributed by atoms with Crippen LogP contribution in [0.2, 0.25) is 0 Å². The van der Waals surface area contributed by atoms with Crippen molar-refractivity contribution >= 4 is 17.9 Å². The molecule has 0 aliphatic carbocycles. The maximum absolute atomic E-state index is 12.9. The van der Waals surface area contributed by atoms with E-state index in [1.165, 1.54) is 83.5 Å². The van der Waals surface area contributed by atoms with Crippen molar-refractivity contribution in [2.24, 2.45) is 0 Å². The van der Waals surface area contributed by atoms with Crippen molar-refractivity contribution in [2.75, 3.05) is 13.2 Å². The zero-order valence-corrected chi connectivity index (χ0v) is 49.2. The number of ether oxygens (including phenoxy) is 3. The van der Waals surface area contributed by atoms with Gasteiger partial charge in [0.05, 0.1) is 0 Å². The Labute approximate surface area is 468 Å². The first-order valence-electron chi connectivity index (χ1n) is 31.2. The van der Waals surface area contributed by atoms with Crippen LogP contribution in [0.3, 0.4) is 0 Å². The number of carbonyl (C=O) groups excluding carboxylic acids is 3. The van der Waals surface area contributed by atoms with Crippen LogP contribution in [0, 0.1) is 0 Å². The Balaban J connectivity index is 4.38. The second-order valence-electron chi connectivity index (χ2n) is 20.2. The van der Waals surface area contributed by atoms with E-state index in [-0.39, 0.29) is 31.1 Å². The van der Waals surface area contributed by atoms with Gasteiger partial charge in [-0.1, -0.05) is 270 Å². The molecule has 430 valence electrons. The average Bonchev–Trinajstić information content (AvgIpc) is 3.42. The maximum Gasteiger partial charge on any atom is 0.306 e. The summed E-state index contributed by atoms with van der Waals surface area (Å²) in [6.45, 7) is 6.39. The average molecular weight is 1050 g/mol. The van der Waals surface area contributed by atoms with Gasteiger partial charge in [0.2, 0.25) is 0 Å². The van der Waals surface area contributed by atoms with Crippen LogP contribution < -0.4 is 0 Å². The molecule has 1 unspecified atom stereocenters. The summed E-state index contributed by atoms with van der Waals surface area (Å²) in [5.41, 5.74) is 0. The van der Waals surface area contributed by atoms with Gasteiger partial charge in [0.15, 0.2) is 6.10 Å². The Morgan fingerprint density at radius 3 is 0.803 bits per heavy atom. The van der Waals surface area contributed by atoms with Gasteiger partial charge in [-0.25, -0.2) is 0 Å². The largest absolute Gasteiger partial charge is 0.462 e. The molecule has 0 aromatic heterocycles. The molecular weight excluding hydrogens is 937 g/mol.